The molecule has 0 amide bonds. The number of hydrogen-bond donors (Lipinski definition) is 3. The zero-order valence-corrected chi connectivity index (χ0v) is 22.7. The lowest BCUT2D eigenvalue weighted by atomic mass is 9.65. The second-order valence-electron chi connectivity index (χ2n) is 9.87. The van der Waals surface area contributed by atoms with Crippen molar-refractivity contribution in [1.29, 1.82) is 0 Å². The van der Waals surface area contributed by atoms with Crippen molar-refractivity contribution in [3.8, 4) is 23.0 Å². The molecule has 5 N–H and O–H groups in total. The van der Waals surface area contributed by atoms with Crippen molar-refractivity contribution >= 4 is 11.4 Å². The molecule has 0 aliphatic heterocycles. The molecule has 0 saturated heterocycles. The molecule has 0 unspecified atom stereocenters. The van der Waals surface area contributed by atoms with Crippen LogP contribution in [0.4, 0.5) is 11.4 Å². The number of rotatable bonds is 6. The first kappa shape index (κ1) is 27.8. The Kier molecular flexibility index (Phi) is 9.29. The molecule has 1 fully saturated rings. The minimum Gasteiger partial charge on any atom is -0.457 e. The Morgan fingerprint density at radius 2 is 0.897 bits per heavy atom. The first-order valence-corrected chi connectivity index (χ1v) is 13.4. The van der Waals surface area contributed by atoms with E-state index < -0.39 is 0 Å². The van der Waals surface area contributed by atoms with Gasteiger partial charge in [-0.05, 0) is 123 Å². The van der Waals surface area contributed by atoms with E-state index in [2.05, 4.69) is 24.3 Å². The topological polar surface area (TPSA) is 90.7 Å². The van der Waals surface area contributed by atoms with E-state index in [9.17, 15) is 5.11 Å². The summed E-state index contributed by atoms with van der Waals surface area (Å²) >= 11 is 0. The van der Waals surface area contributed by atoms with Crippen molar-refractivity contribution in [2.75, 3.05) is 11.5 Å². The van der Waals surface area contributed by atoms with Crippen molar-refractivity contribution in [1.82, 2.24) is 0 Å². The molecule has 1 aliphatic rings. The van der Waals surface area contributed by atoms with E-state index in [-0.39, 0.29) is 11.5 Å². The summed E-state index contributed by atoms with van der Waals surface area (Å²) in [6, 6.07) is 31.4. The van der Waals surface area contributed by atoms with Crippen LogP contribution < -0.4 is 20.9 Å². The summed E-state index contributed by atoms with van der Waals surface area (Å²) in [5, 5.41) is 10.2. The third-order valence-electron chi connectivity index (χ3n) is 7.19. The van der Waals surface area contributed by atoms with Gasteiger partial charge in [0.2, 0.25) is 0 Å². The highest BCUT2D eigenvalue weighted by atomic mass is 16.5. The molecule has 0 atom stereocenters. The lowest BCUT2D eigenvalue weighted by Gasteiger charge is -2.40. The molecule has 39 heavy (non-hydrogen) atoms. The van der Waals surface area contributed by atoms with Gasteiger partial charge < -0.3 is 26.0 Å². The average Bonchev–Trinajstić information content (AvgIpc) is 2.97. The maximum absolute atomic E-state index is 10.2. The van der Waals surface area contributed by atoms with E-state index in [1.54, 1.807) is 0 Å². The molecule has 5 nitrogen and oxygen atoms in total. The normalized spacial score (nSPS) is 14.8. The van der Waals surface area contributed by atoms with E-state index in [4.69, 9.17) is 20.9 Å². The van der Waals surface area contributed by atoms with Gasteiger partial charge in [0.05, 0.1) is 6.10 Å². The summed E-state index contributed by atoms with van der Waals surface area (Å²) in [7, 11) is 0. The first-order valence-electron chi connectivity index (χ1n) is 13.4. The third-order valence-corrected chi connectivity index (χ3v) is 7.19. The molecule has 1 aliphatic carbocycles. The van der Waals surface area contributed by atoms with Crippen LogP contribution in [0.2, 0.25) is 0 Å². The van der Waals surface area contributed by atoms with Crippen LogP contribution in [0.15, 0.2) is 109 Å². The maximum Gasteiger partial charge on any atom is 0.127 e. The third kappa shape index (κ3) is 7.21. The van der Waals surface area contributed by atoms with Crippen molar-refractivity contribution in [3.63, 3.8) is 0 Å². The highest BCUT2D eigenvalue weighted by Gasteiger charge is 2.38. The molecule has 202 valence electrons. The van der Waals surface area contributed by atoms with Crippen LogP contribution in [0.25, 0.3) is 0 Å². The minimum atomic E-state index is -0.246. The number of ether oxygens (including phenoxy) is 2. The number of aliphatic hydroxyl groups excluding tert-OH is 1. The summed E-state index contributed by atoms with van der Waals surface area (Å²) in [6.45, 7) is 4.00. The Balaban J connectivity index is 0.000000826. The molecule has 1 saturated carbocycles. The van der Waals surface area contributed by atoms with Gasteiger partial charge in [-0.25, -0.2) is 0 Å². The molecular formula is C34H38N2O3. The van der Waals surface area contributed by atoms with Gasteiger partial charge in [0.25, 0.3) is 0 Å². The Bertz CT molecular complexity index is 1220. The predicted octanol–water partition coefficient (Wildman–Crippen LogP) is 8.24. The Morgan fingerprint density at radius 1 is 0.590 bits per heavy atom. The highest BCUT2D eigenvalue weighted by Crippen LogP contribution is 2.46. The van der Waals surface area contributed by atoms with Crippen molar-refractivity contribution in [2.45, 2.75) is 51.0 Å². The number of hydrogen-bond acceptors (Lipinski definition) is 5. The molecule has 0 radical (unpaired) electrons. The standard InChI is InChI=1S/C30H30N2O3.C4H8/c31-23-5-13-28(14-6-23)34-26-9-1-21(2-10-26)30(19-17-25(33)18-20-30)22-3-11-27(12-4-22)35-29-15-7-24(32)8-16-29;1-3-4-2/h1-16,25,33H,17-20,31-32H2;3-4H,1-2H3/b;4-3-. The monoisotopic (exact) mass is 522 g/mol. The number of nitrogen functional groups attached to an aromatic ring is 2. The van der Waals surface area contributed by atoms with E-state index in [0.717, 1.165) is 48.7 Å². The van der Waals surface area contributed by atoms with Crippen molar-refractivity contribution in [2.24, 2.45) is 0 Å². The predicted molar refractivity (Wildman–Crippen MR) is 160 cm³/mol. The summed E-state index contributed by atoms with van der Waals surface area (Å²) in [6.07, 6.45) is 7.06. The molecule has 0 spiro atoms. The molecular weight excluding hydrogens is 484 g/mol. The first-order chi connectivity index (χ1) is 18.9. The lowest BCUT2D eigenvalue weighted by molar-refractivity contribution is 0.106. The Labute approximate surface area is 231 Å². The second-order valence-corrected chi connectivity index (χ2v) is 9.87. The summed E-state index contributed by atoms with van der Waals surface area (Å²) in [4.78, 5) is 0. The minimum absolute atomic E-state index is 0.168. The molecule has 0 aromatic heterocycles. The summed E-state index contributed by atoms with van der Waals surface area (Å²) in [5.74, 6) is 3.05. The number of allylic oxidation sites excluding steroid dienone is 2. The lowest BCUT2D eigenvalue weighted by Crippen LogP contribution is -2.34. The van der Waals surface area contributed by atoms with Gasteiger partial charge in [-0.2, -0.15) is 0 Å². The van der Waals surface area contributed by atoms with Gasteiger partial charge in [-0.15, -0.1) is 0 Å². The number of benzene rings is 4. The molecule has 4 aromatic rings. The summed E-state index contributed by atoms with van der Waals surface area (Å²) < 4.78 is 12.0. The van der Waals surface area contributed by atoms with Crippen molar-refractivity contribution < 1.29 is 14.6 Å². The highest BCUT2D eigenvalue weighted by molar-refractivity contribution is 5.47. The van der Waals surface area contributed by atoms with Crippen LogP contribution in [0.3, 0.4) is 0 Å². The second kappa shape index (κ2) is 13.0. The average molecular weight is 523 g/mol. The zero-order valence-electron chi connectivity index (χ0n) is 22.7. The van der Waals surface area contributed by atoms with Crippen LogP contribution in [0.5, 0.6) is 23.0 Å². The largest absolute Gasteiger partial charge is 0.457 e. The maximum atomic E-state index is 10.2. The van der Waals surface area contributed by atoms with Gasteiger partial charge >= 0.3 is 0 Å². The fraction of sp³-hybridized carbons (Fsp3) is 0.235. The van der Waals surface area contributed by atoms with Crippen LogP contribution >= 0.6 is 0 Å². The fourth-order valence-corrected chi connectivity index (χ4v) is 4.87. The van der Waals surface area contributed by atoms with Gasteiger partial charge in [-0.1, -0.05) is 36.4 Å². The van der Waals surface area contributed by atoms with E-state index in [0.29, 0.717) is 11.4 Å². The fourth-order valence-electron chi connectivity index (χ4n) is 4.87. The number of anilines is 2. The summed E-state index contributed by atoms with van der Waals surface area (Å²) in [5.41, 5.74) is 15.2. The number of aliphatic hydroxyl groups is 1. The molecule has 5 rings (SSSR count). The van der Waals surface area contributed by atoms with Crippen LogP contribution in [-0.4, -0.2) is 11.2 Å². The molecule has 0 heterocycles. The Hall–Kier alpha value is -4.22. The van der Waals surface area contributed by atoms with Crippen LogP contribution in [-0.2, 0) is 5.41 Å². The van der Waals surface area contributed by atoms with Crippen molar-refractivity contribution in [3.05, 3.63) is 120 Å². The van der Waals surface area contributed by atoms with Gasteiger partial charge in [0, 0.05) is 16.8 Å². The van der Waals surface area contributed by atoms with E-state index >= 15 is 0 Å². The van der Waals surface area contributed by atoms with Gasteiger partial charge in [0.15, 0.2) is 0 Å². The van der Waals surface area contributed by atoms with Crippen LogP contribution in [0.1, 0.15) is 50.7 Å². The van der Waals surface area contributed by atoms with Gasteiger partial charge in [0.1, 0.15) is 23.0 Å². The zero-order chi connectivity index (χ0) is 27.7. The van der Waals surface area contributed by atoms with Gasteiger partial charge in [-0.3, -0.25) is 0 Å². The smallest absolute Gasteiger partial charge is 0.127 e. The molecule has 0 bridgehead atoms. The van der Waals surface area contributed by atoms with Crippen LogP contribution in [0, 0.1) is 0 Å². The Morgan fingerprint density at radius 3 is 1.21 bits per heavy atom. The van der Waals surface area contributed by atoms with E-state index in [1.807, 2.05) is 98.8 Å². The quantitative estimate of drug-likeness (QED) is 0.175. The number of nitrogens with two attached hydrogens (primary N) is 2. The molecule has 4 aromatic carbocycles. The van der Waals surface area contributed by atoms with E-state index in [1.165, 1.54) is 11.1 Å². The molecule has 5 heteroatoms. The SMILES string of the molecule is C/C=C\C.Nc1ccc(Oc2ccc(C3(c4ccc(Oc5ccc(N)cc5)cc4)CCC(O)CC3)cc2)cc1.